The Labute approximate surface area is 159 Å². The van der Waals surface area contributed by atoms with Gasteiger partial charge in [-0.2, -0.15) is 5.10 Å². The molecule has 0 radical (unpaired) electrons. The van der Waals surface area contributed by atoms with Crippen LogP contribution in [0, 0.1) is 5.82 Å². The first-order chi connectivity index (χ1) is 13.0. The van der Waals surface area contributed by atoms with Gasteiger partial charge in [0.05, 0.1) is 17.5 Å². The van der Waals surface area contributed by atoms with Crippen LogP contribution in [0.1, 0.15) is 16.8 Å². The van der Waals surface area contributed by atoms with Crippen LogP contribution in [0.5, 0.6) is 0 Å². The Kier molecular flexibility index (Phi) is 7.45. The third-order valence-corrected chi connectivity index (χ3v) is 3.52. The average molecular weight is 390 g/mol. The second kappa shape index (κ2) is 10.0. The number of H-pyrrole nitrogens is 1. The van der Waals surface area contributed by atoms with Gasteiger partial charge in [0.2, 0.25) is 5.91 Å². The summed E-state index contributed by atoms with van der Waals surface area (Å²) >= 11 is 5.54. The molecule has 1 aromatic carbocycles. The lowest BCUT2D eigenvalue weighted by Crippen LogP contribution is -2.28. The van der Waals surface area contributed by atoms with Crippen molar-refractivity contribution in [2.75, 3.05) is 6.54 Å². The molecule has 9 heteroatoms. The summed E-state index contributed by atoms with van der Waals surface area (Å²) in [5.41, 5.74) is 5.30. The summed E-state index contributed by atoms with van der Waals surface area (Å²) in [6.07, 6.45) is 2.70. The molecule has 0 aliphatic carbocycles. The summed E-state index contributed by atoms with van der Waals surface area (Å²) in [6, 6.07) is 12.1. The Bertz CT molecular complexity index is 902. The first-order valence-electron chi connectivity index (χ1n) is 7.90. The van der Waals surface area contributed by atoms with Crippen molar-refractivity contribution in [2.24, 2.45) is 5.73 Å². The van der Waals surface area contributed by atoms with Crippen molar-refractivity contribution in [1.29, 1.82) is 0 Å². The van der Waals surface area contributed by atoms with Gasteiger partial charge in [0, 0.05) is 24.2 Å². The van der Waals surface area contributed by atoms with Crippen molar-refractivity contribution >= 4 is 23.4 Å². The minimum absolute atomic E-state index is 0.00468. The van der Waals surface area contributed by atoms with Crippen molar-refractivity contribution in [3.05, 3.63) is 71.3 Å². The van der Waals surface area contributed by atoms with E-state index in [9.17, 15) is 14.0 Å². The lowest BCUT2D eigenvalue weighted by Gasteiger charge is -2.04. The number of aromatic amines is 1. The van der Waals surface area contributed by atoms with Gasteiger partial charge >= 0.3 is 0 Å². The molecule has 0 saturated heterocycles. The standard InChI is InChI=1S/C12H12FN5O2.C6H5Cl/c13-8-2-1-4-15-11(8)10-7(6-17-18-10)12(20)16-5-3-9(14)19;7-6-4-2-1-3-5-6/h1-2,4,6H,3,5H2,(H2,14,19)(H,16,20)(H,17,18);1-5H. The smallest absolute Gasteiger partial charge is 0.255 e. The van der Waals surface area contributed by atoms with E-state index in [0.29, 0.717) is 0 Å². The van der Waals surface area contributed by atoms with E-state index in [2.05, 4.69) is 20.5 Å². The molecular formula is C18H17ClFN5O2. The number of halogens is 2. The van der Waals surface area contributed by atoms with Crippen molar-refractivity contribution in [3.8, 4) is 11.4 Å². The topological polar surface area (TPSA) is 114 Å². The summed E-state index contributed by atoms with van der Waals surface area (Å²) < 4.78 is 13.7. The minimum Gasteiger partial charge on any atom is -0.370 e. The maximum absolute atomic E-state index is 13.7. The maximum atomic E-state index is 13.7. The predicted molar refractivity (Wildman–Crippen MR) is 99.4 cm³/mol. The fourth-order valence-electron chi connectivity index (χ4n) is 2.02. The maximum Gasteiger partial charge on any atom is 0.255 e. The number of aromatic nitrogens is 3. The molecule has 0 bridgehead atoms. The third-order valence-electron chi connectivity index (χ3n) is 3.27. The second-order valence-corrected chi connectivity index (χ2v) is 5.70. The van der Waals surface area contributed by atoms with E-state index in [0.717, 1.165) is 5.02 Å². The van der Waals surface area contributed by atoms with Crippen LogP contribution in [-0.4, -0.2) is 33.5 Å². The highest BCUT2D eigenvalue weighted by Crippen LogP contribution is 2.21. The van der Waals surface area contributed by atoms with E-state index < -0.39 is 17.6 Å². The van der Waals surface area contributed by atoms with Crippen LogP contribution in [-0.2, 0) is 4.79 Å². The Morgan fingerprint density at radius 2 is 1.93 bits per heavy atom. The molecule has 3 aromatic rings. The van der Waals surface area contributed by atoms with E-state index in [-0.39, 0.29) is 29.9 Å². The fourth-order valence-corrected chi connectivity index (χ4v) is 2.16. The molecule has 2 amide bonds. The number of nitrogens with two attached hydrogens (primary N) is 1. The number of hydrogen-bond acceptors (Lipinski definition) is 4. The number of pyridine rings is 1. The highest BCUT2D eigenvalue weighted by atomic mass is 35.5. The summed E-state index contributed by atoms with van der Waals surface area (Å²) in [5.74, 6) is -1.57. The van der Waals surface area contributed by atoms with Crippen LogP contribution in [0.2, 0.25) is 5.02 Å². The number of hydrogen-bond donors (Lipinski definition) is 3. The zero-order valence-corrected chi connectivity index (χ0v) is 14.9. The first kappa shape index (κ1) is 20.1. The second-order valence-electron chi connectivity index (χ2n) is 5.26. The molecule has 7 nitrogen and oxygen atoms in total. The van der Waals surface area contributed by atoms with Gasteiger partial charge < -0.3 is 11.1 Å². The van der Waals surface area contributed by atoms with Crippen molar-refractivity contribution in [3.63, 3.8) is 0 Å². The Balaban J connectivity index is 0.000000313. The van der Waals surface area contributed by atoms with Gasteiger partial charge in [-0.3, -0.25) is 19.7 Å². The van der Waals surface area contributed by atoms with Crippen LogP contribution in [0.4, 0.5) is 4.39 Å². The van der Waals surface area contributed by atoms with Crippen molar-refractivity contribution in [2.45, 2.75) is 6.42 Å². The zero-order chi connectivity index (χ0) is 19.6. The number of carbonyl (C=O) groups is 2. The Morgan fingerprint density at radius 1 is 1.19 bits per heavy atom. The highest BCUT2D eigenvalue weighted by molar-refractivity contribution is 6.30. The predicted octanol–water partition coefficient (Wildman–Crippen LogP) is 2.56. The molecule has 4 N–H and O–H groups in total. The SMILES string of the molecule is Clc1ccccc1.NC(=O)CCNC(=O)c1cn[nH]c1-c1ncccc1F. The summed E-state index contributed by atoms with van der Waals surface area (Å²) in [6.45, 7) is 0.101. The molecule has 0 aliphatic rings. The third kappa shape index (κ3) is 6.19. The number of nitrogens with zero attached hydrogens (tertiary/aromatic N) is 2. The minimum atomic E-state index is -0.567. The Morgan fingerprint density at radius 3 is 2.52 bits per heavy atom. The van der Waals surface area contributed by atoms with Gasteiger partial charge in [-0.05, 0) is 24.3 Å². The summed E-state index contributed by atoms with van der Waals surface area (Å²) in [4.78, 5) is 26.4. The molecule has 0 unspecified atom stereocenters. The summed E-state index contributed by atoms with van der Waals surface area (Å²) in [5, 5.41) is 9.55. The zero-order valence-electron chi connectivity index (χ0n) is 14.2. The largest absolute Gasteiger partial charge is 0.370 e. The van der Waals surface area contributed by atoms with Gasteiger partial charge in [-0.15, -0.1) is 0 Å². The first-order valence-corrected chi connectivity index (χ1v) is 8.28. The average Bonchev–Trinajstić information content (AvgIpc) is 3.12. The molecular weight excluding hydrogens is 373 g/mol. The molecule has 0 saturated carbocycles. The number of rotatable bonds is 5. The molecule has 0 aliphatic heterocycles. The quantitative estimate of drug-likeness (QED) is 0.622. The number of primary amides is 1. The molecule has 2 aromatic heterocycles. The van der Waals surface area contributed by atoms with Gasteiger partial charge in [0.1, 0.15) is 5.69 Å². The van der Waals surface area contributed by atoms with Gasteiger partial charge in [0.25, 0.3) is 5.91 Å². The van der Waals surface area contributed by atoms with Crippen LogP contribution in [0.3, 0.4) is 0 Å². The van der Waals surface area contributed by atoms with E-state index in [1.54, 1.807) is 0 Å². The van der Waals surface area contributed by atoms with E-state index in [4.69, 9.17) is 17.3 Å². The summed E-state index contributed by atoms with van der Waals surface area (Å²) in [7, 11) is 0. The van der Waals surface area contributed by atoms with E-state index in [1.165, 1.54) is 24.5 Å². The van der Waals surface area contributed by atoms with Crippen LogP contribution in [0.25, 0.3) is 11.4 Å². The Hall–Kier alpha value is -3.26. The van der Waals surface area contributed by atoms with Gasteiger partial charge in [-0.25, -0.2) is 4.39 Å². The van der Waals surface area contributed by atoms with Crippen molar-refractivity contribution in [1.82, 2.24) is 20.5 Å². The normalized spacial score (nSPS) is 9.85. The lowest BCUT2D eigenvalue weighted by atomic mass is 10.1. The van der Waals surface area contributed by atoms with E-state index in [1.807, 2.05) is 30.3 Å². The molecule has 2 heterocycles. The molecule has 27 heavy (non-hydrogen) atoms. The van der Waals surface area contributed by atoms with E-state index >= 15 is 0 Å². The van der Waals surface area contributed by atoms with Gasteiger partial charge in [-0.1, -0.05) is 29.8 Å². The molecule has 0 spiro atoms. The molecule has 140 valence electrons. The van der Waals surface area contributed by atoms with Crippen molar-refractivity contribution < 1.29 is 14.0 Å². The number of benzene rings is 1. The van der Waals surface area contributed by atoms with Crippen LogP contribution >= 0.6 is 11.6 Å². The van der Waals surface area contributed by atoms with Crippen LogP contribution in [0.15, 0.2) is 54.9 Å². The molecule has 0 atom stereocenters. The highest BCUT2D eigenvalue weighted by Gasteiger charge is 2.18. The molecule has 0 fully saturated rings. The fraction of sp³-hybridized carbons (Fsp3) is 0.111. The monoisotopic (exact) mass is 389 g/mol. The number of nitrogens with one attached hydrogen (secondary N) is 2. The number of amides is 2. The molecule has 3 rings (SSSR count). The van der Waals surface area contributed by atoms with Crippen LogP contribution < -0.4 is 11.1 Å². The number of carbonyl (C=O) groups excluding carboxylic acids is 2. The van der Waals surface area contributed by atoms with Gasteiger partial charge in [0.15, 0.2) is 5.82 Å². The lowest BCUT2D eigenvalue weighted by molar-refractivity contribution is -0.117.